The molecule has 19 heavy (non-hydrogen) atoms. The van der Waals surface area contributed by atoms with Crippen molar-refractivity contribution in [1.29, 1.82) is 0 Å². The predicted octanol–water partition coefficient (Wildman–Crippen LogP) is 2.22. The SMILES string of the molecule is CCc1nc(Cl)c(C)c(N2CCn3ccnc3C2)n1. The van der Waals surface area contributed by atoms with Gasteiger partial charge in [-0.1, -0.05) is 18.5 Å². The fraction of sp³-hybridized carbons (Fsp3) is 0.462. The van der Waals surface area contributed by atoms with Crippen molar-refractivity contribution >= 4 is 17.4 Å². The minimum Gasteiger partial charge on any atom is -0.347 e. The molecule has 2 aromatic rings. The quantitative estimate of drug-likeness (QED) is 0.790. The molecule has 1 aliphatic heterocycles. The first kappa shape index (κ1) is 12.4. The minimum absolute atomic E-state index is 0.552. The van der Waals surface area contributed by atoms with E-state index in [0.29, 0.717) is 5.15 Å². The third-order valence-corrected chi connectivity index (χ3v) is 3.84. The van der Waals surface area contributed by atoms with Crippen LogP contribution in [0, 0.1) is 6.92 Å². The monoisotopic (exact) mass is 277 g/mol. The largest absolute Gasteiger partial charge is 0.347 e. The van der Waals surface area contributed by atoms with Gasteiger partial charge in [0.15, 0.2) is 0 Å². The second kappa shape index (κ2) is 4.81. The number of fused-ring (bicyclic) bond motifs is 1. The van der Waals surface area contributed by atoms with Crippen LogP contribution in [0.25, 0.3) is 0 Å². The number of hydrogen-bond acceptors (Lipinski definition) is 4. The van der Waals surface area contributed by atoms with Gasteiger partial charge in [-0.3, -0.25) is 0 Å². The summed E-state index contributed by atoms with van der Waals surface area (Å²) in [4.78, 5) is 15.5. The second-order valence-electron chi connectivity index (χ2n) is 4.69. The fourth-order valence-electron chi connectivity index (χ4n) is 2.34. The molecular formula is C13H16ClN5. The molecule has 0 aliphatic carbocycles. The van der Waals surface area contributed by atoms with Gasteiger partial charge in [0.1, 0.15) is 22.6 Å². The molecule has 2 aromatic heterocycles. The number of anilines is 1. The first-order chi connectivity index (χ1) is 9.19. The molecule has 100 valence electrons. The number of imidazole rings is 1. The molecule has 1 aliphatic rings. The summed E-state index contributed by atoms with van der Waals surface area (Å²) in [7, 11) is 0. The number of rotatable bonds is 2. The van der Waals surface area contributed by atoms with Crippen molar-refractivity contribution in [1.82, 2.24) is 19.5 Å². The van der Waals surface area contributed by atoms with Crippen molar-refractivity contribution < 1.29 is 0 Å². The molecule has 3 heterocycles. The molecule has 0 atom stereocenters. The number of halogens is 1. The second-order valence-corrected chi connectivity index (χ2v) is 5.05. The molecule has 3 rings (SSSR count). The van der Waals surface area contributed by atoms with E-state index in [1.165, 1.54) is 0 Å². The van der Waals surface area contributed by atoms with Crippen molar-refractivity contribution in [2.24, 2.45) is 0 Å². The molecule has 0 unspecified atom stereocenters. The lowest BCUT2D eigenvalue weighted by atomic mass is 10.2. The zero-order valence-electron chi connectivity index (χ0n) is 11.1. The van der Waals surface area contributed by atoms with Gasteiger partial charge in [-0.2, -0.15) is 0 Å². The third-order valence-electron chi connectivity index (χ3n) is 3.47. The molecule has 0 amide bonds. The third kappa shape index (κ3) is 2.18. The molecule has 0 bridgehead atoms. The van der Waals surface area contributed by atoms with Crippen LogP contribution in [0.4, 0.5) is 5.82 Å². The summed E-state index contributed by atoms with van der Waals surface area (Å²) in [6, 6.07) is 0. The molecule has 0 aromatic carbocycles. The molecular weight excluding hydrogens is 262 g/mol. The van der Waals surface area contributed by atoms with E-state index in [1.807, 2.05) is 26.2 Å². The summed E-state index contributed by atoms with van der Waals surface area (Å²) in [6.07, 6.45) is 4.65. The van der Waals surface area contributed by atoms with Crippen LogP contribution in [-0.2, 0) is 19.5 Å². The zero-order chi connectivity index (χ0) is 13.4. The molecule has 0 spiro atoms. The minimum atomic E-state index is 0.552. The van der Waals surface area contributed by atoms with Gasteiger partial charge in [0.2, 0.25) is 0 Å². The van der Waals surface area contributed by atoms with E-state index in [4.69, 9.17) is 11.6 Å². The van der Waals surface area contributed by atoms with Gasteiger partial charge in [0, 0.05) is 37.5 Å². The summed E-state index contributed by atoms with van der Waals surface area (Å²) < 4.78 is 2.18. The maximum atomic E-state index is 6.20. The lowest BCUT2D eigenvalue weighted by Gasteiger charge is -2.30. The van der Waals surface area contributed by atoms with Gasteiger partial charge in [-0.25, -0.2) is 15.0 Å². The lowest BCUT2D eigenvalue weighted by molar-refractivity contribution is 0.554. The Morgan fingerprint density at radius 1 is 1.32 bits per heavy atom. The van der Waals surface area contributed by atoms with Crippen molar-refractivity contribution in [3.8, 4) is 0 Å². The Morgan fingerprint density at radius 3 is 2.95 bits per heavy atom. The Labute approximate surface area is 117 Å². The van der Waals surface area contributed by atoms with Crippen LogP contribution in [0.15, 0.2) is 12.4 Å². The van der Waals surface area contributed by atoms with E-state index in [1.54, 1.807) is 0 Å². The normalized spacial score (nSPS) is 14.6. The number of aromatic nitrogens is 4. The standard InChI is InChI=1S/C13H16ClN5/c1-3-10-16-12(14)9(2)13(17-10)19-7-6-18-5-4-15-11(18)8-19/h4-5H,3,6-8H2,1-2H3. The highest BCUT2D eigenvalue weighted by Gasteiger charge is 2.21. The van der Waals surface area contributed by atoms with Crippen LogP contribution in [-0.4, -0.2) is 26.1 Å². The Balaban J connectivity index is 1.97. The van der Waals surface area contributed by atoms with Crippen molar-refractivity contribution in [2.45, 2.75) is 33.4 Å². The first-order valence-electron chi connectivity index (χ1n) is 6.47. The maximum absolute atomic E-state index is 6.20. The topological polar surface area (TPSA) is 46.8 Å². The van der Waals surface area contributed by atoms with Crippen molar-refractivity contribution in [3.63, 3.8) is 0 Å². The van der Waals surface area contributed by atoms with Gasteiger partial charge in [-0.15, -0.1) is 0 Å². The molecule has 6 heteroatoms. The number of aryl methyl sites for hydroxylation is 1. The highest BCUT2D eigenvalue weighted by Crippen LogP contribution is 2.26. The Bertz CT molecular complexity index is 607. The summed E-state index contributed by atoms with van der Waals surface area (Å²) in [6.45, 7) is 6.62. The predicted molar refractivity (Wildman–Crippen MR) is 74.4 cm³/mol. The Morgan fingerprint density at radius 2 is 2.16 bits per heavy atom. The van der Waals surface area contributed by atoms with Crippen LogP contribution >= 0.6 is 11.6 Å². The van der Waals surface area contributed by atoms with E-state index >= 15 is 0 Å². The van der Waals surface area contributed by atoms with Crippen LogP contribution in [0.5, 0.6) is 0 Å². The fourth-order valence-corrected chi connectivity index (χ4v) is 2.52. The molecule has 0 fully saturated rings. The van der Waals surface area contributed by atoms with Crippen molar-refractivity contribution in [3.05, 3.63) is 34.8 Å². The number of nitrogens with zero attached hydrogens (tertiary/aromatic N) is 5. The average Bonchev–Trinajstić information content (AvgIpc) is 2.88. The molecule has 0 saturated heterocycles. The average molecular weight is 278 g/mol. The Kier molecular flexibility index (Phi) is 3.14. The van der Waals surface area contributed by atoms with E-state index in [2.05, 4.69) is 24.4 Å². The lowest BCUT2D eigenvalue weighted by Crippen LogP contribution is -2.35. The van der Waals surface area contributed by atoms with Crippen LogP contribution < -0.4 is 4.90 Å². The van der Waals surface area contributed by atoms with Gasteiger partial charge in [-0.05, 0) is 6.92 Å². The summed E-state index contributed by atoms with van der Waals surface area (Å²) >= 11 is 6.20. The van der Waals surface area contributed by atoms with Crippen LogP contribution in [0.1, 0.15) is 24.1 Å². The van der Waals surface area contributed by atoms with E-state index in [0.717, 1.165) is 49.1 Å². The molecule has 5 nitrogen and oxygen atoms in total. The van der Waals surface area contributed by atoms with E-state index in [9.17, 15) is 0 Å². The van der Waals surface area contributed by atoms with Gasteiger partial charge in [0.05, 0.1) is 6.54 Å². The van der Waals surface area contributed by atoms with Gasteiger partial charge < -0.3 is 9.47 Å². The summed E-state index contributed by atoms with van der Waals surface area (Å²) in [5.41, 5.74) is 0.943. The van der Waals surface area contributed by atoms with Crippen LogP contribution in [0.2, 0.25) is 5.15 Å². The molecule has 0 saturated carbocycles. The smallest absolute Gasteiger partial charge is 0.137 e. The highest BCUT2D eigenvalue weighted by atomic mass is 35.5. The van der Waals surface area contributed by atoms with Crippen LogP contribution in [0.3, 0.4) is 0 Å². The summed E-state index contributed by atoms with van der Waals surface area (Å²) in [5, 5.41) is 0.552. The van der Waals surface area contributed by atoms with E-state index < -0.39 is 0 Å². The first-order valence-corrected chi connectivity index (χ1v) is 6.84. The summed E-state index contributed by atoms with van der Waals surface area (Å²) in [5.74, 6) is 2.80. The molecule has 0 radical (unpaired) electrons. The highest BCUT2D eigenvalue weighted by molar-refractivity contribution is 6.30. The zero-order valence-corrected chi connectivity index (χ0v) is 11.9. The van der Waals surface area contributed by atoms with Gasteiger partial charge in [0.25, 0.3) is 0 Å². The number of hydrogen-bond donors (Lipinski definition) is 0. The maximum Gasteiger partial charge on any atom is 0.137 e. The van der Waals surface area contributed by atoms with E-state index in [-0.39, 0.29) is 0 Å². The Hall–Kier alpha value is -1.62. The van der Waals surface area contributed by atoms with Gasteiger partial charge >= 0.3 is 0 Å². The van der Waals surface area contributed by atoms with Crippen molar-refractivity contribution in [2.75, 3.05) is 11.4 Å². The molecule has 0 N–H and O–H groups in total.